The van der Waals surface area contributed by atoms with Gasteiger partial charge >= 0.3 is 0 Å². The summed E-state index contributed by atoms with van der Waals surface area (Å²) in [5.41, 5.74) is 1.08. The number of thiophene rings is 1. The number of rotatable bonds is 4. The highest BCUT2D eigenvalue weighted by Gasteiger charge is 2.45. The zero-order valence-electron chi connectivity index (χ0n) is 14.4. The predicted molar refractivity (Wildman–Crippen MR) is 99.3 cm³/mol. The van der Waals surface area contributed by atoms with Crippen molar-refractivity contribution in [2.24, 2.45) is 0 Å². The van der Waals surface area contributed by atoms with Crippen molar-refractivity contribution in [3.63, 3.8) is 0 Å². The second-order valence-corrected chi connectivity index (χ2v) is 7.85. The number of phenolic OH excluding ortho intramolecular Hbond substituents is 1. The van der Waals surface area contributed by atoms with E-state index in [-0.39, 0.29) is 23.6 Å². The molecule has 26 heavy (non-hydrogen) atoms. The monoisotopic (exact) mass is 372 g/mol. The number of phenols is 1. The minimum atomic E-state index is -0.246. The van der Waals surface area contributed by atoms with Gasteiger partial charge in [-0.25, -0.2) is 0 Å². The molecule has 0 aliphatic carbocycles. The van der Waals surface area contributed by atoms with Gasteiger partial charge in [0.1, 0.15) is 5.75 Å². The molecule has 1 aromatic heterocycles. The maximum atomic E-state index is 12.8. The lowest BCUT2D eigenvalue weighted by molar-refractivity contribution is -0.915. The third-order valence-corrected chi connectivity index (χ3v) is 6.11. The lowest BCUT2D eigenvalue weighted by atomic mass is 10.1. The van der Waals surface area contributed by atoms with Crippen molar-refractivity contribution >= 4 is 28.8 Å². The Morgan fingerprint density at radius 1 is 1.12 bits per heavy atom. The van der Waals surface area contributed by atoms with Crippen LogP contribution in [0.2, 0.25) is 0 Å². The summed E-state index contributed by atoms with van der Waals surface area (Å²) in [7, 11) is 0. The van der Waals surface area contributed by atoms with Crippen LogP contribution in [0.3, 0.4) is 0 Å². The summed E-state index contributed by atoms with van der Waals surface area (Å²) in [6, 6.07) is 10.9. The number of nitrogens with one attached hydrogen (secondary N) is 1. The molecule has 2 fully saturated rings. The van der Waals surface area contributed by atoms with Gasteiger partial charge in [0.25, 0.3) is 5.91 Å². The van der Waals surface area contributed by atoms with Gasteiger partial charge in [-0.15, -0.1) is 11.3 Å². The normalized spacial score (nSPS) is 21.6. The van der Waals surface area contributed by atoms with E-state index in [0.717, 1.165) is 36.7 Å². The topological polar surface area (TPSA) is 65.3 Å². The van der Waals surface area contributed by atoms with Crippen LogP contribution in [0.25, 0.3) is 0 Å². The second kappa shape index (κ2) is 7.09. The Morgan fingerprint density at radius 2 is 1.85 bits per heavy atom. The molecule has 136 valence electrons. The number of carbonyl (C=O) groups is 2. The van der Waals surface area contributed by atoms with Crippen molar-refractivity contribution in [1.29, 1.82) is 0 Å². The van der Waals surface area contributed by atoms with Gasteiger partial charge in [0.2, 0.25) is 5.91 Å². The van der Waals surface area contributed by atoms with Crippen molar-refractivity contribution in [3.05, 3.63) is 46.7 Å². The zero-order valence-corrected chi connectivity index (χ0v) is 15.2. The van der Waals surface area contributed by atoms with Crippen LogP contribution in [0.4, 0.5) is 5.69 Å². The second-order valence-electron chi connectivity index (χ2n) is 6.82. The Kier molecular flexibility index (Phi) is 4.65. The highest BCUT2D eigenvalue weighted by Crippen LogP contribution is 2.20. The van der Waals surface area contributed by atoms with Crippen molar-refractivity contribution in [1.82, 2.24) is 4.90 Å². The third-order valence-electron chi connectivity index (χ3n) is 5.25. The molecule has 0 saturated carbocycles. The first kappa shape index (κ1) is 17.1. The van der Waals surface area contributed by atoms with E-state index in [0.29, 0.717) is 13.0 Å². The zero-order chi connectivity index (χ0) is 18.1. The first-order valence-electron chi connectivity index (χ1n) is 8.87. The Bertz CT molecular complexity index is 783. The number of piperazine rings is 1. The molecule has 1 atom stereocenters. The fraction of sp³-hybridized carbons (Fsp3) is 0.368. The summed E-state index contributed by atoms with van der Waals surface area (Å²) in [5, 5.41) is 11.4. The van der Waals surface area contributed by atoms with E-state index in [9.17, 15) is 14.7 Å². The SMILES string of the molecule is O=C1C[C@H]([NH+]2CCN(c3ccc(O)cc3)CC2)C(=O)N1Cc1cccs1. The van der Waals surface area contributed by atoms with E-state index in [2.05, 4.69) is 4.90 Å². The Hall–Kier alpha value is -2.38. The molecule has 2 aromatic rings. The number of hydrogen-bond acceptors (Lipinski definition) is 5. The molecular formula is C19H22N3O3S+. The summed E-state index contributed by atoms with van der Waals surface area (Å²) < 4.78 is 0. The average Bonchev–Trinajstić information content (AvgIpc) is 3.26. The smallest absolute Gasteiger partial charge is 0.288 e. The van der Waals surface area contributed by atoms with Crippen LogP contribution in [-0.4, -0.2) is 54.0 Å². The van der Waals surface area contributed by atoms with E-state index in [1.807, 2.05) is 29.6 Å². The van der Waals surface area contributed by atoms with Crippen LogP contribution < -0.4 is 9.80 Å². The summed E-state index contributed by atoms with van der Waals surface area (Å²) in [4.78, 5) is 31.0. The van der Waals surface area contributed by atoms with E-state index in [4.69, 9.17) is 0 Å². The van der Waals surface area contributed by atoms with Gasteiger partial charge in [0.05, 0.1) is 39.1 Å². The highest BCUT2D eigenvalue weighted by molar-refractivity contribution is 7.09. The van der Waals surface area contributed by atoms with Crippen LogP contribution in [0.5, 0.6) is 5.75 Å². The molecule has 2 saturated heterocycles. The molecule has 1 aromatic carbocycles. The van der Waals surface area contributed by atoms with Gasteiger partial charge in [0, 0.05) is 10.6 Å². The standard InChI is InChI=1S/C19H21N3O3S/c23-15-5-3-14(4-6-15)20-7-9-21(10-8-20)17-12-18(24)22(19(17)25)13-16-2-1-11-26-16/h1-6,11,17,23H,7-10,12-13H2/p+1/t17-/m0/s1. The predicted octanol–water partition coefficient (Wildman–Crippen LogP) is 0.486. The van der Waals surface area contributed by atoms with Crippen LogP contribution >= 0.6 is 11.3 Å². The molecule has 0 bridgehead atoms. The number of hydrogen-bond donors (Lipinski definition) is 2. The number of likely N-dealkylation sites (tertiary alicyclic amines) is 1. The molecule has 6 nitrogen and oxygen atoms in total. The number of imide groups is 1. The maximum absolute atomic E-state index is 12.8. The van der Waals surface area contributed by atoms with E-state index in [1.165, 1.54) is 9.80 Å². The van der Waals surface area contributed by atoms with Crippen molar-refractivity contribution in [2.75, 3.05) is 31.1 Å². The number of aromatic hydroxyl groups is 1. The third kappa shape index (κ3) is 3.32. The largest absolute Gasteiger partial charge is 0.508 e. The average molecular weight is 372 g/mol. The van der Waals surface area contributed by atoms with Gasteiger partial charge in [-0.2, -0.15) is 0 Å². The molecule has 2 aliphatic heterocycles. The minimum absolute atomic E-state index is 0.0310. The number of carbonyl (C=O) groups excluding carboxylic acids is 2. The molecule has 7 heteroatoms. The molecule has 0 spiro atoms. The summed E-state index contributed by atoms with van der Waals surface area (Å²) in [6.45, 7) is 3.74. The lowest BCUT2D eigenvalue weighted by Gasteiger charge is -2.35. The van der Waals surface area contributed by atoms with Crippen LogP contribution in [0.1, 0.15) is 11.3 Å². The fourth-order valence-corrected chi connectivity index (χ4v) is 4.48. The quantitative estimate of drug-likeness (QED) is 0.767. The molecule has 2 N–H and O–H groups in total. The van der Waals surface area contributed by atoms with Gasteiger partial charge in [0.15, 0.2) is 6.04 Å². The van der Waals surface area contributed by atoms with Crippen molar-refractivity contribution in [3.8, 4) is 5.75 Å². The highest BCUT2D eigenvalue weighted by atomic mass is 32.1. The van der Waals surface area contributed by atoms with Crippen molar-refractivity contribution in [2.45, 2.75) is 19.0 Å². The number of quaternary nitrogens is 1. The summed E-state index contributed by atoms with van der Waals surface area (Å²) in [6.07, 6.45) is 0.318. The molecular weight excluding hydrogens is 350 g/mol. The van der Waals surface area contributed by atoms with Crippen LogP contribution in [0, 0.1) is 0 Å². The Morgan fingerprint density at radius 3 is 2.50 bits per heavy atom. The van der Waals surface area contributed by atoms with Crippen LogP contribution in [-0.2, 0) is 16.1 Å². The van der Waals surface area contributed by atoms with E-state index in [1.54, 1.807) is 23.5 Å². The number of benzene rings is 1. The minimum Gasteiger partial charge on any atom is -0.508 e. The lowest BCUT2D eigenvalue weighted by Crippen LogP contribution is -3.19. The number of anilines is 1. The number of nitrogens with zero attached hydrogens (tertiary/aromatic N) is 2. The first-order valence-corrected chi connectivity index (χ1v) is 9.75. The summed E-state index contributed by atoms with van der Waals surface area (Å²) in [5.74, 6) is 0.178. The number of amides is 2. The van der Waals surface area contributed by atoms with Gasteiger partial charge in [-0.3, -0.25) is 14.5 Å². The van der Waals surface area contributed by atoms with Crippen molar-refractivity contribution < 1.29 is 19.6 Å². The first-order chi connectivity index (χ1) is 12.6. The molecule has 2 aliphatic rings. The van der Waals surface area contributed by atoms with E-state index < -0.39 is 0 Å². The Labute approximate surface area is 156 Å². The van der Waals surface area contributed by atoms with Gasteiger partial charge in [-0.1, -0.05) is 6.07 Å². The van der Waals surface area contributed by atoms with E-state index >= 15 is 0 Å². The molecule has 0 radical (unpaired) electrons. The van der Waals surface area contributed by atoms with Gasteiger partial charge < -0.3 is 14.9 Å². The summed E-state index contributed by atoms with van der Waals surface area (Å²) >= 11 is 1.57. The fourth-order valence-electron chi connectivity index (χ4n) is 3.79. The van der Waals surface area contributed by atoms with Crippen LogP contribution in [0.15, 0.2) is 41.8 Å². The molecule has 2 amide bonds. The maximum Gasteiger partial charge on any atom is 0.288 e. The molecule has 4 rings (SSSR count). The Balaban J connectivity index is 1.37. The van der Waals surface area contributed by atoms with Gasteiger partial charge in [-0.05, 0) is 35.7 Å². The molecule has 3 heterocycles. The molecule has 0 unspecified atom stereocenters.